The Labute approximate surface area is 193 Å². The summed E-state index contributed by atoms with van der Waals surface area (Å²) in [5.41, 5.74) is 7.87. The highest BCUT2D eigenvalue weighted by Gasteiger charge is 2.66. The molecule has 0 spiro atoms. The Morgan fingerprint density at radius 1 is 0.903 bits per heavy atom. The summed E-state index contributed by atoms with van der Waals surface area (Å²) < 4.78 is 5.99. The highest BCUT2D eigenvalue weighted by molar-refractivity contribution is 7.63. The monoisotopic (exact) mass is 457 g/mol. The first-order chi connectivity index (χ1) is 14.1. The number of hydrogen-bond acceptors (Lipinski definition) is 3. The molecule has 2 aliphatic carbocycles. The van der Waals surface area contributed by atoms with E-state index in [-0.39, 0.29) is 19.3 Å². The molecule has 0 amide bonds. The predicted molar refractivity (Wildman–Crippen MR) is 140 cm³/mol. The number of hydrogen-bond donors (Lipinski definition) is 0. The van der Waals surface area contributed by atoms with Crippen LogP contribution in [0.25, 0.3) is 0 Å². The molecule has 3 nitrogen and oxygen atoms in total. The Morgan fingerprint density at radius 2 is 1.42 bits per heavy atom. The van der Waals surface area contributed by atoms with Gasteiger partial charge in [0.2, 0.25) is 8.40 Å². The minimum atomic E-state index is -1.65. The number of rotatable bonds is 2. The lowest BCUT2D eigenvalue weighted by Gasteiger charge is -2.72. The lowest BCUT2D eigenvalue weighted by atomic mass is 9.97. The molecule has 2 saturated carbocycles. The van der Waals surface area contributed by atoms with Gasteiger partial charge >= 0.3 is 0 Å². The SMILES string of the molecule is Cc1cc(C)c(/N=C2\C3CCC(C3)C2P2N(C(C)(C)C)[Si](C)(C)N2C(C)(C)C)c(C)c1. The first-order valence-electron chi connectivity index (χ1n) is 12.2. The van der Waals surface area contributed by atoms with Gasteiger partial charge in [0.05, 0.1) is 5.69 Å². The zero-order valence-corrected chi connectivity index (χ0v) is 23.7. The van der Waals surface area contributed by atoms with Crippen LogP contribution >= 0.6 is 8.22 Å². The second-order valence-corrected chi connectivity index (χ2v) is 19.4. The van der Waals surface area contributed by atoms with Crippen molar-refractivity contribution >= 4 is 28.0 Å². The van der Waals surface area contributed by atoms with Gasteiger partial charge < -0.3 is 0 Å². The minimum absolute atomic E-state index is 0.214. The van der Waals surface area contributed by atoms with Crippen LogP contribution in [0.3, 0.4) is 0 Å². The smallest absolute Gasteiger partial charge is 0.210 e. The molecule has 1 saturated heterocycles. The molecule has 0 radical (unpaired) electrons. The molecule has 4 rings (SSSR count). The molecule has 1 aromatic carbocycles. The summed E-state index contributed by atoms with van der Waals surface area (Å²) in [6.45, 7) is 26.5. The van der Waals surface area contributed by atoms with Crippen LogP contribution in [0.5, 0.6) is 0 Å². The summed E-state index contributed by atoms with van der Waals surface area (Å²) in [6.07, 6.45) is 4.11. The van der Waals surface area contributed by atoms with Crippen molar-refractivity contribution < 1.29 is 0 Å². The van der Waals surface area contributed by atoms with E-state index in [1.54, 1.807) is 5.71 Å². The summed E-state index contributed by atoms with van der Waals surface area (Å²) in [7, 11) is -2.02. The largest absolute Gasteiger partial charge is 0.272 e. The number of nitrogens with zero attached hydrogens (tertiary/aromatic N) is 3. The van der Waals surface area contributed by atoms with Gasteiger partial charge in [0.25, 0.3) is 0 Å². The average Bonchev–Trinajstić information content (AvgIpc) is 3.14. The summed E-state index contributed by atoms with van der Waals surface area (Å²) >= 11 is 0. The number of aliphatic imine (C=N–C) groups is 1. The van der Waals surface area contributed by atoms with E-state index in [0.29, 0.717) is 11.6 Å². The van der Waals surface area contributed by atoms with Crippen LogP contribution in [-0.4, -0.2) is 39.5 Å². The number of aryl methyl sites for hydroxylation is 3. The molecule has 0 N–H and O–H groups in total. The Bertz CT molecular complexity index is 861. The molecule has 1 aromatic rings. The second kappa shape index (κ2) is 7.48. The van der Waals surface area contributed by atoms with Gasteiger partial charge in [-0.3, -0.25) is 13.7 Å². The Balaban J connectivity index is 1.83. The van der Waals surface area contributed by atoms with Crippen molar-refractivity contribution in [2.45, 2.75) is 111 Å². The third-order valence-electron chi connectivity index (χ3n) is 7.48. The molecule has 2 bridgehead atoms. The van der Waals surface area contributed by atoms with Gasteiger partial charge in [-0.2, -0.15) is 0 Å². The summed E-state index contributed by atoms with van der Waals surface area (Å²) in [6, 6.07) is 4.62. The van der Waals surface area contributed by atoms with E-state index in [1.807, 2.05) is 0 Å². The first kappa shape index (κ1) is 23.6. The van der Waals surface area contributed by atoms with E-state index in [4.69, 9.17) is 4.99 Å². The van der Waals surface area contributed by atoms with Crippen molar-refractivity contribution in [3.63, 3.8) is 0 Å². The quantitative estimate of drug-likeness (QED) is 0.334. The third-order valence-corrected chi connectivity index (χ3v) is 18.3. The molecular weight excluding hydrogens is 413 g/mol. The molecule has 3 aliphatic rings. The highest BCUT2D eigenvalue weighted by atomic mass is 31.1. The molecule has 31 heavy (non-hydrogen) atoms. The van der Waals surface area contributed by atoms with Gasteiger partial charge in [-0.1, -0.05) is 17.7 Å². The molecule has 1 aliphatic heterocycles. The van der Waals surface area contributed by atoms with Gasteiger partial charge in [0.15, 0.2) is 0 Å². The van der Waals surface area contributed by atoms with Crippen LogP contribution in [0.1, 0.15) is 77.5 Å². The lowest BCUT2D eigenvalue weighted by molar-refractivity contribution is 0.234. The summed E-state index contributed by atoms with van der Waals surface area (Å²) in [5, 5.41) is 0. The molecule has 0 aromatic heterocycles. The van der Waals surface area contributed by atoms with Crippen LogP contribution in [0.2, 0.25) is 13.1 Å². The predicted octanol–water partition coefficient (Wildman–Crippen LogP) is 7.71. The van der Waals surface area contributed by atoms with Crippen molar-refractivity contribution in [1.29, 1.82) is 0 Å². The normalized spacial score (nSPS) is 30.9. The minimum Gasteiger partial charge on any atom is -0.272 e. The van der Waals surface area contributed by atoms with Crippen molar-refractivity contribution in [2.24, 2.45) is 16.8 Å². The van der Waals surface area contributed by atoms with Gasteiger partial charge in [-0.25, -0.2) is 0 Å². The van der Waals surface area contributed by atoms with Crippen LogP contribution in [0.4, 0.5) is 5.69 Å². The third kappa shape index (κ3) is 3.80. The zero-order valence-electron chi connectivity index (χ0n) is 21.8. The summed E-state index contributed by atoms with van der Waals surface area (Å²) in [5.74, 6) is 1.52. The fourth-order valence-corrected chi connectivity index (χ4v) is 18.9. The summed E-state index contributed by atoms with van der Waals surface area (Å²) in [4.78, 5) is 5.54. The van der Waals surface area contributed by atoms with Crippen LogP contribution in [-0.2, 0) is 0 Å². The lowest BCUT2D eigenvalue weighted by Crippen LogP contribution is -2.78. The van der Waals surface area contributed by atoms with Crippen molar-refractivity contribution in [2.75, 3.05) is 0 Å². The Hall–Kier alpha value is -0.543. The van der Waals surface area contributed by atoms with Gasteiger partial charge in [0, 0.05) is 30.7 Å². The maximum Gasteiger partial charge on any atom is 0.210 e. The Kier molecular flexibility index (Phi) is 5.70. The fraction of sp³-hybridized carbons (Fsp3) is 0.731. The molecule has 3 fully saturated rings. The molecular formula is C26H44N3PSi. The van der Waals surface area contributed by atoms with Gasteiger partial charge in [0.1, 0.15) is 0 Å². The van der Waals surface area contributed by atoms with E-state index in [9.17, 15) is 0 Å². The molecule has 3 atom stereocenters. The average molecular weight is 458 g/mol. The number of benzene rings is 1. The van der Waals surface area contributed by atoms with E-state index in [0.717, 1.165) is 5.92 Å². The van der Waals surface area contributed by atoms with Crippen LogP contribution in [0, 0.1) is 32.6 Å². The highest BCUT2D eigenvalue weighted by Crippen LogP contribution is 2.73. The fourth-order valence-electron chi connectivity index (χ4n) is 7.15. The van der Waals surface area contributed by atoms with E-state index < -0.39 is 8.40 Å². The topological polar surface area (TPSA) is 18.8 Å². The maximum atomic E-state index is 5.54. The standard InChI is InChI=1S/C26H44N3PSi/c1-17-14-18(2)22(19(3)15-17)27-23-20-12-13-21(16-20)24(23)30-28(25(4,5)6)31(10,11)29(30)26(7,8)9/h14-15,20-21,24H,12-13,16H2,1-11H3/b27-23+. The number of fused-ring (bicyclic) bond motifs is 2. The first-order valence-corrected chi connectivity index (χ1v) is 16.4. The van der Waals surface area contributed by atoms with Crippen LogP contribution < -0.4 is 0 Å². The van der Waals surface area contributed by atoms with Crippen molar-refractivity contribution in [3.8, 4) is 0 Å². The van der Waals surface area contributed by atoms with Crippen LogP contribution in [0.15, 0.2) is 17.1 Å². The zero-order chi connectivity index (χ0) is 23.1. The Morgan fingerprint density at radius 3 is 1.90 bits per heavy atom. The van der Waals surface area contributed by atoms with E-state index in [2.05, 4.69) is 96.2 Å². The van der Waals surface area contributed by atoms with E-state index >= 15 is 0 Å². The van der Waals surface area contributed by atoms with E-state index in [1.165, 1.54) is 41.6 Å². The molecule has 1 heterocycles. The molecule has 5 heteroatoms. The second-order valence-electron chi connectivity index (χ2n) is 12.8. The van der Waals surface area contributed by atoms with Gasteiger partial charge in [-0.15, -0.1) is 0 Å². The van der Waals surface area contributed by atoms with Crippen molar-refractivity contribution in [3.05, 3.63) is 28.8 Å². The molecule has 3 unspecified atom stereocenters. The van der Waals surface area contributed by atoms with Gasteiger partial charge in [-0.05, 0) is 118 Å². The van der Waals surface area contributed by atoms with Crippen molar-refractivity contribution in [1.82, 2.24) is 8.67 Å². The molecule has 172 valence electrons. The maximum absolute atomic E-state index is 5.54.